The standard InChI is InChI=1S/2C18H34O2.C6H12.2CH4O/c2*1-2-3-4-5-6-7-8-9-10-11-12-13-14-15-16-17-18(19)20;1-2-4-6-5-3-1;2*1-2/h2*9-10H,2-8,11-17H2,1H3,(H,19,20);1-6H2;2*2H,1H3. The molecule has 0 aromatic heterocycles. The van der Waals surface area contributed by atoms with Crippen molar-refractivity contribution in [3.63, 3.8) is 0 Å². The van der Waals surface area contributed by atoms with Crippen molar-refractivity contribution in [2.45, 2.75) is 232 Å². The highest BCUT2D eigenvalue weighted by Crippen LogP contribution is 2.15. The molecule has 0 aliphatic heterocycles. The summed E-state index contributed by atoms with van der Waals surface area (Å²) < 4.78 is 0. The van der Waals surface area contributed by atoms with Gasteiger partial charge in [0.15, 0.2) is 0 Å². The van der Waals surface area contributed by atoms with Crippen molar-refractivity contribution < 1.29 is 30.0 Å². The average Bonchev–Trinajstić information content (AvgIpc) is 3.14. The van der Waals surface area contributed by atoms with E-state index >= 15 is 0 Å². The first kappa shape index (κ1) is 55.1. The first-order valence-corrected chi connectivity index (χ1v) is 21.2. The molecule has 0 aromatic carbocycles. The quantitative estimate of drug-likeness (QED) is 0.0435. The minimum atomic E-state index is -0.664. The lowest BCUT2D eigenvalue weighted by molar-refractivity contribution is -0.138. The van der Waals surface area contributed by atoms with Gasteiger partial charge in [-0.05, 0) is 64.2 Å². The summed E-state index contributed by atoms with van der Waals surface area (Å²) in [7, 11) is 2.00. The lowest BCUT2D eigenvalue weighted by atomic mass is 10.0. The van der Waals surface area contributed by atoms with Crippen LogP contribution in [-0.4, -0.2) is 46.6 Å². The fourth-order valence-electron chi connectivity index (χ4n) is 5.75. The van der Waals surface area contributed by atoms with E-state index < -0.39 is 11.9 Å². The average molecular weight is 713 g/mol. The van der Waals surface area contributed by atoms with E-state index in [0.29, 0.717) is 12.8 Å². The fourth-order valence-corrected chi connectivity index (χ4v) is 5.75. The minimum absolute atomic E-state index is 0.332. The van der Waals surface area contributed by atoms with Crippen LogP contribution in [-0.2, 0) is 9.59 Å². The predicted molar refractivity (Wildman–Crippen MR) is 218 cm³/mol. The van der Waals surface area contributed by atoms with Crippen molar-refractivity contribution in [3.05, 3.63) is 24.3 Å². The zero-order valence-electron chi connectivity index (χ0n) is 34.0. The second-order valence-corrected chi connectivity index (χ2v) is 13.6. The summed E-state index contributed by atoms with van der Waals surface area (Å²) >= 11 is 0. The highest BCUT2D eigenvalue weighted by molar-refractivity contribution is 5.66. The van der Waals surface area contributed by atoms with Gasteiger partial charge in [-0.15, -0.1) is 0 Å². The van der Waals surface area contributed by atoms with E-state index in [2.05, 4.69) is 38.2 Å². The van der Waals surface area contributed by atoms with Crippen molar-refractivity contribution in [2.24, 2.45) is 0 Å². The van der Waals surface area contributed by atoms with Gasteiger partial charge in [-0.2, -0.15) is 0 Å². The maximum Gasteiger partial charge on any atom is 0.303 e. The number of carboxylic acid groups (broad SMARTS) is 2. The van der Waals surface area contributed by atoms with E-state index in [9.17, 15) is 9.59 Å². The first-order valence-electron chi connectivity index (χ1n) is 21.2. The number of aliphatic carboxylic acids is 2. The molecule has 1 fully saturated rings. The van der Waals surface area contributed by atoms with E-state index in [1.807, 2.05) is 0 Å². The van der Waals surface area contributed by atoms with E-state index in [1.54, 1.807) is 0 Å². The number of carboxylic acids is 2. The lowest BCUT2D eigenvalue weighted by Gasteiger charge is -2.05. The molecule has 1 aliphatic rings. The molecule has 1 rings (SSSR count). The second kappa shape index (κ2) is 56.7. The van der Waals surface area contributed by atoms with Gasteiger partial charge in [-0.1, -0.05) is 179 Å². The summed E-state index contributed by atoms with van der Waals surface area (Å²) in [5, 5.41) is 31.0. The maximum absolute atomic E-state index is 10.3. The molecule has 300 valence electrons. The number of rotatable bonds is 30. The summed E-state index contributed by atoms with van der Waals surface area (Å²) in [4.78, 5) is 20.6. The molecule has 4 N–H and O–H groups in total. The van der Waals surface area contributed by atoms with Crippen molar-refractivity contribution in [1.29, 1.82) is 0 Å². The summed E-state index contributed by atoms with van der Waals surface area (Å²) in [6, 6.07) is 0. The van der Waals surface area contributed by atoms with Crippen LogP contribution in [0.15, 0.2) is 24.3 Å². The van der Waals surface area contributed by atoms with Crippen molar-refractivity contribution in [3.8, 4) is 0 Å². The third kappa shape index (κ3) is 64.8. The van der Waals surface area contributed by atoms with Gasteiger partial charge in [0.25, 0.3) is 0 Å². The number of carbonyl (C=O) groups is 2. The Morgan fingerprint density at radius 1 is 0.360 bits per heavy atom. The van der Waals surface area contributed by atoms with Gasteiger partial charge in [-0.3, -0.25) is 9.59 Å². The summed E-state index contributed by atoms with van der Waals surface area (Å²) in [5.41, 5.74) is 0. The summed E-state index contributed by atoms with van der Waals surface area (Å²) in [5.74, 6) is -1.33. The number of allylic oxidation sites excluding steroid dienone is 4. The molecular weight excluding hydrogens is 624 g/mol. The van der Waals surface area contributed by atoms with Gasteiger partial charge in [0.2, 0.25) is 0 Å². The Morgan fingerprint density at radius 2 is 0.560 bits per heavy atom. The number of unbranched alkanes of at least 4 members (excludes halogenated alkanes) is 22. The summed E-state index contributed by atoms with van der Waals surface area (Å²) in [6.07, 6.45) is 51.5. The van der Waals surface area contributed by atoms with E-state index in [0.717, 1.165) is 39.9 Å². The molecule has 0 unspecified atom stereocenters. The normalized spacial score (nSPS) is 12.1. The zero-order chi connectivity index (χ0) is 38.0. The molecular formula is C44H88O6. The zero-order valence-corrected chi connectivity index (χ0v) is 34.0. The Hall–Kier alpha value is -1.66. The van der Waals surface area contributed by atoms with E-state index in [4.69, 9.17) is 20.4 Å². The molecule has 0 aromatic rings. The Labute approximate surface area is 312 Å². The number of hydrogen-bond acceptors (Lipinski definition) is 4. The van der Waals surface area contributed by atoms with Crippen LogP contribution in [0.5, 0.6) is 0 Å². The molecule has 50 heavy (non-hydrogen) atoms. The molecule has 0 radical (unpaired) electrons. The van der Waals surface area contributed by atoms with Crippen LogP contribution in [0.1, 0.15) is 232 Å². The third-order valence-corrected chi connectivity index (χ3v) is 8.80. The molecule has 0 spiro atoms. The van der Waals surface area contributed by atoms with Crippen LogP contribution in [0.4, 0.5) is 0 Å². The number of aliphatic hydroxyl groups is 2. The smallest absolute Gasteiger partial charge is 0.303 e. The second-order valence-electron chi connectivity index (χ2n) is 13.6. The van der Waals surface area contributed by atoms with Crippen molar-refractivity contribution in [2.75, 3.05) is 14.2 Å². The van der Waals surface area contributed by atoms with Gasteiger partial charge in [0, 0.05) is 27.1 Å². The van der Waals surface area contributed by atoms with Crippen molar-refractivity contribution >= 4 is 11.9 Å². The van der Waals surface area contributed by atoms with Gasteiger partial charge in [0.1, 0.15) is 0 Å². The maximum atomic E-state index is 10.3. The van der Waals surface area contributed by atoms with Gasteiger partial charge in [0.05, 0.1) is 0 Å². The van der Waals surface area contributed by atoms with E-state index in [1.165, 1.54) is 180 Å². The Bertz CT molecular complexity index is 595. The summed E-state index contributed by atoms with van der Waals surface area (Å²) in [6.45, 7) is 4.52. The molecule has 0 atom stereocenters. The first-order chi connectivity index (χ1) is 24.5. The highest BCUT2D eigenvalue weighted by atomic mass is 16.4. The Balaban J connectivity index is -0.000000332. The highest BCUT2D eigenvalue weighted by Gasteiger charge is 1.97. The van der Waals surface area contributed by atoms with Gasteiger partial charge < -0.3 is 20.4 Å². The van der Waals surface area contributed by atoms with E-state index in [-0.39, 0.29) is 0 Å². The SMILES string of the molecule is C1CCCCC1.CCCCCCCCC=CCCCCCCCC(=O)O.CCCCCCCCC=CCCCCCCCC(=O)O.CO.CO. The largest absolute Gasteiger partial charge is 0.481 e. The Kier molecular flexibility index (Phi) is 62.5. The molecule has 1 saturated carbocycles. The molecule has 0 bridgehead atoms. The lowest BCUT2D eigenvalue weighted by Crippen LogP contribution is -1.93. The van der Waals surface area contributed by atoms with Crippen molar-refractivity contribution in [1.82, 2.24) is 0 Å². The molecule has 0 heterocycles. The number of hydrogen-bond donors (Lipinski definition) is 4. The van der Waals surface area contributed by atoms with Crippen LogP contribution in [0.25, 0.3) is 0 Å². The van der Waals surface area contributed by atoms with Crippen LogP contribution >= 0.6 is 0 Å². The molecule has 6 nitrogen and oxygen atoms in total. The van der Waals surface area contributed by atoms with Crippen LogP contribution in [0, 0.1) is 0 Å². The predicted octanol–water partition coefficient (Wildman–Crippen LogP) is 13.8. The van der Waals surface area contributed by atoms with Gasteiger partial charge >= 0.3 is 11.9 Å². The molecule has 0 saturated heterocycles. The molecule has 6 heteroatoms. The van der Waals surface area contributed by atoms with Gasteiger partial charge in [-0.25, -0.2) is 0 Å². The molecule has 0 amide bonds. The van der Waals surface area contributed by atoms with Crippen LogP contribution < -0.4 is 0 Å². The molecule has 1 aliphatic carbocycles. The number of aliphatic hydroxyl groups excluding tert-OH is 2. The third-order valence-electron chi connectivity index (χ3n) is 8.80. The fraction of sp³-hybridized carbons (Fsp3) is 0.864. The minimum Gasteiger partial charge on any atom is -0.481 e. The monoisotopic (exact) mass is 713 g/mol. The van der Waals surface area contributed by atoms with Crippen LogP contribution in [0.2, 0.25) is 0 Å². The topological polar surface area (TPSA) is 115 Å². The van der Waals surface area contributed by atoms with Crippen LogP contribution in [0.3, 0.4) is 0 Å². The Morgan fingerprint density at radius 3 is 0.780 bits per heavy atom.